The molecule has 7 nitrogen and oxygen atoms in total. The maximum Gasteiger partial charge on any atom is 0.573 e. The maximum atomic E-state index is 12.5. The third-order valence-corrected chi connectivity index (χ3v) is 4.07. The number of nitrogens with zero attached hydrogens (tertiary/aromatic N) is 2. The van der Waals surface area contributed by atoms with Gasteiger partial charge in [0.2, 0.25) is 5.91 Å². The largest absolute Gasteiger partial charge is 0.573 e. The van der Waals surface area contributed by atoms with E-state index in [9.17, 15) is 22.8 Å². The zero-order valence-electron chi connectivity index (χ0n) is 16.7. The fourth-order valence-corrected chi connectivity index (χ4v) is 2.74. The van der Waals surface area contributed by atoms with Crippen LogP contribution in [0.4, 0.5) is 18.0 Å². The molecule has 1 N–H and O–H groups in total. The van der Waals surface area contributed by atoms with Crippen LogP contribution < -0.4 is 10.1 Å². The summed E-state index contributed by atoms with van der Waals surface area (Å²) in [6.45, 7) is 7.26. The maximum absolute atomic E-state index is 12.5. The number of carbonyl (C=O) groups excluding carboxylic acids is 2. The summed E-state index contributed by atoms with van der Waals surface area (Å²) in [4.78, 5) is 27.7. The number of alkyl halides is 3. The van der Waals surface area contributed by atoms with Crippen molar-refractivity contribution in [2.75, 3.05) is 32.7 Å². The second kappa shape index (κ2) is 9.34. The highest BCUT2D eigenvalue weighted by Gasteiger charge is 2.32. The molecule has 2 amide bonds. The molecule has 0 radical (unpaired) electrons. The minimum atomic E-state index is -4.80. The van der Waals surface area contributed by atoms with E-state index in [1.807, 2.05) is 4.90 Å². The van der Waals surface area contributed by atoms with Gasteiger partial charge in [0.1, 0.15) is 11.4 Å². The van der Waals surface area contributed by atoms with Crippen molar-refractivity contribution in [3.8, 4) is 5.75 Å². The molecule has 10 heteroatoms. The van der Waals surface area contributed by atoms with Crippen LogP contribution in [0.3, 0.4) is 0 Å². The van der Waals surface area contributed by atoms with Gasteiger partial charge >= 0.3 is 12.5 Å². The average molecular weight is 417 g/mol. The number of amides is 2. The molecule has 1 aliphatic heterocycles. The Morgan fingerprint density at radius 1 is 1.07 bits per heavy atom. The highest BCUT2D eigenvalue weighted by molar-refractivity contribution is 5.78. The number of carbonyl (C=O) groups is 2. The molecule has 162 valence electrons. The predicted octanol–water partition coefficient (Wildman–Crippen LogP) is 2.75. The number of hydrogen-bond donors (Lipinski definition) is 1. The molecule has 29 heavy (non-hydrogen) atoms. The van der Waals surface area contributed by atoms with Crippen LogP contribution in [0.5, 0.6) is 5.75 Å². The number of nitrogens with one attached hydrogen (secondary N) is 1. The summed E-state index contributed by atoms with van der Waals surface area (Å²) in [7, 11) is 0. The van der Waals surface area contributed by atoms with Gasteiger partial charge < -0.3 is 19.7 Å². The van der Waals surface area contributed by atoms with Crippen LogP contribution in [0.25, 0.3) is 0 Å². The number of rotatable bonds is 5. The SMILES string of the molecule is CC(C)(C)OC(=O)N1CCN(CC(=O)NCc2ccccc2OC(F)(F)F)CC1. The summed E-state index contributed by atoms with van der Waals surface area (Å²) < 4.78 is 46.7. The fourth-order valence-electron chi connectivity index (χ4n) is 2.74. The van der Waals surface area contributed by atoms with E-state index in [1.54, 1.807) is 31.7 Å². The van der Waals surface area contributed by atoms with Crippen LogP contribution in [0.2, 0.25) is 0 Å². The highest BCUT2D eigenvalue weighted by Crippen LogP contribution is 2.26. The summed E-state index contributed by atoms with van der Waals surface area (Å²) in [6.07, 6.45) is -5.18. The van der Waals surface area contributed by atoms with Gasteiger partial charge in [-0.05, 0) is 26.8 Å². The number of benzene rings is 1. The molecule has 1 aromatic rings. The first-order chi connectivity index (χ1) is 13.4. The van der Waals surface area contributed by atoms with Gasteiger partial charge in [-0.25, -0.2) is 4.79 Å². The molecule has 0 aromatic heterocycles. The minimum absolute atomic E-state index is 0.0804. The summed E-state index contributed by atoms with van der Waals surface area (Å²) >= 11 is 0. The van der Waals surface area contributed by atoms with Gasteiger partial charge in [0.25, 0.3) is 0 Å². The zero-order valence-corrected chi connectivity index (χ0v) is 16.7. The molecule has 1 saturated heterocycles. The van der Waals surface area contributed by atoms with E-state index < -0.39 is 12.0 Å². The summed E-state index contributed by atoms with van der Waals surface area (Å²) in [6, 6.07) is 5.66. The first kappa shape index (κ1) is 22.8. The van der Waals surface area contributed by atoms with Crippen molar-refractivity contribution in [3.63, 3.8) is 0 Å². The van der Waals surface area contributed by atoms with E-state index in [0.717, 1.165) is 0 Å². The van der Waals surface area contributed by atoms with Crippen molar-refractivity contribution in [1.82, 2.24) is 15.1 Å². The number of para-hydroxylation sites is 1. The normalized spacial score (nSPS) is 15.7. The molecule has 0 atom stereocenters. The topological polar surface area (TPSA) is 71.1 Å². The Morgan fingerprint density at radius 2 is 1.69 bits per heavy atom. The summed E-state index contributed by atoms with van der Waals surface area (Å²) in [5.41, 5.74) is -0.340. The van der Waals surface area contributed by atoms with Gasteiger partial charge in [0.05, 0.1) is 6.54 Å². The monoisotopic (exact) mass is 417 g/mol. The molecule has 1 aliphatic rings. The number of hydrogen-bond acceptors (Lipinski definition) is 5. The molecular weight excluding hydrogens is 391 g/mol. The van der Waals surface area contributed by atoms with Crippen molar-refractivity contribution in [3.05, 3.63) is 29.8 Å². The van der Waals surface area contributed by atoms with E-state index in [0.29, 0.717) is 26.2 Å². The quantitative estimate of drug-likeness (QED) is 0.798. The van der Waals surface area contributed by atoms with Gasteiger partial charge in [-0.3, -0.25) is 9.69 Å². The lowest BCUT2D eigenvalue weighted by atomic mass is 10.2. The first-order valence-electron chi connectivity index (χ1n) is 9.23. The average Bonchev–Trinajstić information content (AvgIpc) is 2.59. The smallest absolute Gasteiger partial charge is 0.444 e. The minimum Gasteiger partial charge on any atom is -0.444 e. The van der Waals surface area contributed by atoms with Crippen molar-refractivity contribution in [2.45, 2.75) is 39.3 Å². The van der Waals surface area contributed by atoms with Crippen LogP contribution in [0.1, 0.15) is 26.3 Å². The Balaban J connectivity index is 1.78. The lowest BCUT2D eigenvalue weighted by Crippen LogP contribution is -2.52. The number of ether oxygens (including phenoxy) is 2. The fraction of sp³-hybridized carbons (Fsp3) is 0.579. The van der Waals surface area contributed by atoms with E-state index in [-0.39, 0.29) is 36.4 Å². The van der Waals surface area contributed by atoms with Crippen LogP contribution in [0.15, 0.2) is 24.3 Å². The number of piperazine rings is 1. The van der Waals surface area contributed by atoms with Gasteiger partial charge in [0, 0.05) is 38.3 Å². The van der Waals surface area contributed by atoms with Crippen LogP contribution in [-0.4, -0.2) is 66.5 Å². The van der Waals surface area contributed by atoms with E-state index in [2.05, 4.69) is 10.1 Å². The van der Waals surface area contributed by atoms with Crippen molar-refractivity contribution in [2.24, 2.45) is 0 Å². The highest BCUT2D eigenvalue weighted by atomic mass is 19.4. The summed E-state index contributed by atoms with van der Waals surface area (Å²) in [5.74, 6) is -0.663. The molecule has 0 bridgehead atoms. The Labute approximate surface area is 167 Å². The lowest BCUT2D eigenvalue weighted by molar-refractivity contribution is -0.274. The van der Waals surface area contributed by atoms with Crippen LogP contribution in [-0.2, 0) is 16.1 Å². The third kappa shape index (κ3) is 8.18. The van der Waals surface area contributed by atoms with Crippen molar-refractivity contribution < 1.29 is 32.2 Å². The third-order valence-electron chi connectivity index (χ3n) is 4.07. The number of halogens is 3. The molecule has 2 rings (SSSR count). The van der Waals surface area contributed by atoms with Crippen LogP contribution >= 0.6 is 0 Å². The van der Waals surface area contributed by atoms with Gasteiger partial charge in [0.15, 0.2) is 0 Å². The standard InChI is InChI=1S/C19H26F3N3O4/c1-18(2,3)29-17(27)25-10-8-24(9-11-25)13-16(26)23-12-14-6-4-5-7-15(14)28-19(20,21)22/h4-7H,8-13H2,1-3H3,(H,23,26). The Hall–Kier alpha value is -2.49. The molecule has 0 saturated carbocycles. The Kier molecular flexibility index (Phi) is 7.34. The Bertz CT molecular complexity index is 711. The van der Waals surface area contributed by atoms with Gasteiger partial charge in [-0.2, -0.15) is 0 Å². The van der Waals surface area contributed by atoms with Gasteiger partial charge in [-0.1, -0.05) is 18.2 Å². The Morgan fingerprint density at radius 3 is 2.28 bits per heavy atom. The zero-order chi connectivity index (χ0) is 21.7. The molecule has 0 aliphatic carbocycles. The summed E-state index contributed by atoms with van der Waals surface area (Å²) in [5, 5.41) is 2.60. The molecular formula is C19H26F3N3O4. The van der Waals surface area contributed by atoms with Crippen LogP contribution in [0, 0.1) is 0 Å². The molecule has 0 spiro atoms. The van der Waals surface area contributed by atoms with Crippen molar-refractivity contribution in [1.29, 1.82) is 0 Å². The first-order valence-corrected chi connectivity index (χ1v) is 9.23. The van der Waals surface area contributed by atoms with Gasteiger partial charge in [-0.15, -0.1) is 13.2 Å². The second-order valence-electron chi connectivity index (χ2n) is 7.68. The molecule has 0 unspecified atom stereocenters. The second-order valence-corrected chi connectivity index (χ2v) is 7.68. The van der Waals surface area contributed by atoms with E-state index in [1.165, 1.54) is 18.2 Å². The van der Waals surface area contributed by atoms with Crippen molar-refractivity contribution >= 4 is 12.0 Å². The van der Waals surface area contributed by atoms with E-state index in [4.69, 9.17) is 4.74 Å². The predicted molar refractivity (Wildman–Crippen MR) is 99.2 cm³/mol. The molecule has 1 fully saturated rings. The van der Waals surface area contributed by atoms with E-state index >= 15 is 0 Å². The molecule has 1 aromatic carbocycles. The lowest BCUT2D eigenvalue weighted by Gasteiger charge is -2.35. The molecule has 1 heterocycles.